The lowest BCUT2D eigenvalue weighted by Crippen LogP contribution is -2.12. The van der Waals surface area contributed by atoms with Crippen LogP contribution in [0.2, 0.25) is 0 Å². The van der Waals surface area contributed by atoms with Crippen molar-refractivity contribution in [3.8, 4) is 17.6 Å². The number of aryl methyl sites for hydroxylation is 1. The molecule has 5 nitrogen and oxygen atoms in total. The number of ether oxygens (including phenoxy) is 3. The van der Waals surface area contributed by atoms with E-state index in [1.165, 1.54) is 64.9 Å². The third-order valence-electron chi connectivity index (χ3n) is 6.15. The Labute approximate surface area is 217 Å². The molecule has 2 rings (SSSR count). The number of esters is 1. The van der Waals surface area contributed by atoms with Crippen LogP contribution >= 0.6 is 0 Å². The zero-order valence-electron chi connectivity index (χ0n) is 22.2. The van der Waals surface area contributed by atoms with E-state index in [2.05, 4.69) is 17.7 Å². The first kappa shape index (κ1) is 29.0. The van der Waals surface area contributed by atoms with Crippen molar-refractivity contribution in [2.24, 2.45) is 0 Å². The van der Waals surface area contributed by atoms with Crippen LogP contribution in [0.4, 0.5) is 0 Å². The van der Waals surface area contributed by atoms with Gasteiger partial charge >= 0.3 is 5.97 Å². The molecule has 0 fully saturated rings. The van der Waals surface area contributed by atoms with Gasteiger partial charge in [0.05, 0.1) is 25.4 Å². The summed E-state index contributed by atoms with van der Waals surface area (Å²) in [6.45, 7) is 4.86. The molecule has 2 aromatic rings. The van der Waals surface area contributed by atoms with Crippen molar-refractivity contribution in [3.63, 3.8) is 0 Å². The quantitative estimate of drug-likeness (QED) is 0.0973. The van der Waals surface area contributed by atoms with Gasteiger partial charge < -0.3 is 14.2 Å². The first-order valence-corrected chi connectivity index (χ1v) is 13.2. The number of carbonyl (C=O) groups is 1. The predicted molar refractivity (Wildman–Crippen MR) is 146 cm³/mol. The molecule has 0 saturated carbocycles. The van der Waals surface area contributed by atoms with Crippen molar-refractivity contribution in [1.82, 2.24) is 0 Å². The van der Waals surface area contributed by atoms with Crippen LogP contribution < -0.4 is 9.47 Å². The zero-order valence-corrected chi connectivity index (χ0v) is 22.2. The average Bonchev–Trinajstić information content (AvgIpc) is 2.90. The molecule has 0 atom stereocenters. The lowest BCUT2D eigenvalue weighted by atomic mass is 10.0. The molecule has 0 amide bonds. The van der Waals surface area contributed by atoms with Gasteiger partial charge in [0.25, 0.3) is 0 Å². The summed E-state index contributed by atoms with van der Waals surface area (Å²) >= 11 is 0. The van der Waals surface area contributed by atoms with Crippen molar-refractivity contribution in [3.05, 3.63) is 59.2 Å². The van der Waals surface area contributed by atoms with E-state index in [-0.39, 0.29) is 6.61 Å². The largest absolute Gasteiger partial charge is 0.493 e. The number of rotatable bonds is 17. The molecule has 0 bridgehead atoms. The highest BCUT2D eigenvalue weighted by molar-refractivity contribution is 5.89. The number of nitriles is 1. The predicted octanol–water partition coefficient (Wildman–Crippen LogP) is 7.91. The van der Waals surface area contributed by atoms with E-state index in [1.807, 2.05) is 31.2 Å². The Morgan fingerprint density at radius 1 is 0.889 bits per heavy atom. The van der Waals surface area contributed by atoms with Gasteiger partial charge in [-0.05, 0) is 66.4 Å². The Bertz CT molecular complexity index is 989. The number of unbranched alkanes of at least 4 members (excludes halogenated alkanes) is 9. The topological polar surface area (TPSA) is 68.5 Å². The molecule has 0 heterocycles. The Kier molecular flexibility index (Phi) is 13.9. The number of carbonyl (C=O) groups excluding carboxylic acids is 1. The van der Waals surface area contributed by atoms with Crippen LogP contribution in [0.25, 0.3) is 11.6 Å². The molecule has 0 N–H and O–H groups in total. The van der Waals surface area contributed by atoms with Crippen molar-refractivity contribution >= 4 is 17.6 Å². The zero-order chi connectivity index (χ0) is 26.0. The van der Waals surface area contributed by atoms with E-state index in [0.717, 1.165) is 28.9 Å². The van der Waals surface area contributed by atoms with Crippen LogP contribution in [0.3, 0.4) is 0 Å². The summed E-state index contributed by atoms with van der Waals surface area (Å²) in [6, 6.07) is 15.4. The SMILES string of the molecule is CCCCCCCCCCCCOc1cc(/C=C(\C#N)c2ccc(OCC(=O)OC)cc2)ccc1C. The van der Waals surface area contributed by atoms with Gasteiger partial charge in [0.1, 0.15) is 11.5 Å². The Morgan fingerprint density at radius 2 is 1.53 bits per heavy atom. The van der Waals surface area contributed by atoms with Gasteiger partial charge in [-0.1, -0.05) is 76.8 Å². The number of nitrogens with zero attached hydrogens (tertiary/aromatic N) is 1. The number of hydrogen-bond acceptors (Lipinski definition) is 5. The second kappa shape index (κ2) is 17.2. The van der Waals surface area contributed by atoms with Gasteiger partial charge in [-0.15, -0.1) is 0 Å². The fourth-order valence-electron chi connectivity index (χ4n) is 3.91. The molecular weight excluding hydrogens is 450 g/mol. The summed E-state index contributed by atoms with van der Waals surface area (Å²) in [6.07, 6.45) is 14.9. The minimum atomic E-state index is -0.442. The minimum absolute atomic E-state index is 0.151. The number of hydrogen-bond donors (Lipinski definition) is 0. The minimum Gasteiger partial charge on any atom is -0.493 e. The van der Waals surface area contributed by atoms with Crippen LogP contribution in [0.5, 0.6) is 11.5 Å². The molecule has 0 unspecified atom stereocenters. The summed E-state index contributed by atoms with van der Waals surface area (Å²) < 4.78 is 16.0. The second-order valence-electron chi connectivity index (χ2n) is 9.11. The molecule has 0 aliphatic heterocycles. The maximum absolute atomic E-state index is 11.2. The van der Waals surface area contributed by atoms with Crippen molar-refractivity contribution < 1.29 is 19.0 Å². The van der Waals surface area contributed by atoms with Gasteiger partial charge in [0.2, 0.25) is 0 Å². The fourth-order valence-corrected chi connectivity index (χ4v) is 3.91. The van der Waals surface area contributed by atoms with E-state index in [0.29, 0.717) is 17.9 Å². The standard InChI is InChI=1S/C31H41NO4/c1-4-5-6-7-8-9-10-11-12-13-20-35-30-22-26(15-14-25(30)2)21-28(23-32)27-16-18-29(19-17-27)36-24-31(33)34-3/h14-19,21-22H,4-13,20,24H2,1-3H3/b28-21+. The number of allylic oxidation sites excluding steroid dienone is 1. The Balaban J connectivity index is 1.84. The monoisotopic (exact) mass is 491 g/mol. The highest BCUT2D eigenvalue weighted by Gasteiger charge is 2.06. The first-order valence-electron chi connectivity index (χ1n) is 13.2. The summed E-state index contributed by atoms with van der Waals surface area (Å²) in [5, 5.41) is 9.72. The third kappa shape index (κ3) is 11.0. The van der Waals surface area contributed by atoms with Crippen LogP contribution in [-0.4, -0.2) is 26.3 Å². The Morgan fingerprint density at radius 3 is 2.14 bits per heavy atom. The van der Waals surface area contributed by atoms with Crippen LogP contribution in [-0.2, 0) is 9.53 Å². The molecule has 5 heteroatoms. The van der Waals surface area contributed by atoms with E-state index < -0.39 is 5.97 Å². The highest BCUT2D eigenvalue weighted by atomic mass is 16.6. The van der Waals surface area contributed by atoms with Crippen LogP contribution in [0, 0.1) is 18.3 Å². The van der Waals surface area contributed by atoms with Crippen LogP contribution in [0.15, 0.2) is 42.5 Å². The maximum atomic E-state index is 11.2. The number of benzene rings is 2. The lowest BCUT2D eigenvalue weighted by Gasteiger charge is -2.10. The first-order chi connectivity index (χ1) is 17.6. The van der Waals surface area contributed by atoms with Crippen molar-refractivity contribution in [2.45, 2.75) is 78.1 Å². The molecule has 0 aromatic heterocycles. The molecular formula is C31H41NO4. The molecule has 0 radical (unpaired) electrons. The van der Waals surface area contributed by atoms with Gasteiger partial charge in [0, 0.05) is 0 Å². The third-order valence-corrected chi connectivity index (χ3v) is 6.15. The molecule has 2 aromatic carbocycles. The molecule has 36 heavy (non-hydrogen) atoms. The number of methoxy groups -OCH3 is 1. The molecule has 0 spiro atoms. The van der Waals surface area contributed by atoms with Gasteiger partial charge in [0.15, 0.2) is 6.61 Å². The summed E-state index contributed by atoms with van der Waals surface area (Å²) in [4.78, 5) is 11.2. The van der Waals surface area contributed by atoms with E-state index in [9.17, 15) is 10.1 Å². The second-order valence-corrected chi connectivity index (χ2v) is 9.11. The van der Waals surface area contributed by atoms with E-state index in [4.69, 9.17) is 9.47 Å². The van der Waals surface area contributed by atoms with Gasteiger partial charge in [-0.3, -0.25) is 0 Å². The molecule has 0 aliphatic carbocycles. The smallest absolute Gasteiger partial charge is 0.343 e. The fraction of sp³-hybridized carbons (Fsp3) is 0.484. The highest BCUT2D eigenvalue weighted by Crippen LogP contribution is 2.25. The maximum Gasteiger partial charge on any atom is 0.343 e. The van der Waals surface area contributed by atoms with Crippen molar-refractivity contribution in [1.29, 1.82) is 5.26 Å². The normalized spacial score (nSPS) is 11.1. The summed E-state index contributed by atoms with van der Waals surface area (Å²) in [7, 11) is 1.32. The van der Waals surface area contributed by atoms with E-state index >= 15 is 0 Å². The lowest BCUT2D eigenvalue weighted by molar-refractivity contribution is -0.142. The Hall–Kier alpha value is -3.26. The van der Waals surface area contributed by atoms with Crippen LogP contribution in [0.1, 0.15) is 87.8 Å². The average molecular weight is 492 g/mol. The molecule has 0 saturated heterocycles. The summed E-state index contributed by atoms with van der Waals surface area (Å²) in [5.74, 6) is 0.963. The molecule has 194 valence electrons. The van der Waals surface area contributed by atoms with Gasteiger partial charge in [-0.25, -0.2) is 4.79 Å². The van der Waals surface area contributed by atoms with Crippen molar-refractivity contribution in [2.75, 3.05) is 20.3 Å². The van der Waals surface area contributed by atoms with Gasteiger partial charge in [-0.2, -0.15) is 5.26 Å². The molecule has 0 aliphatic rings. The summed E-state index contributed by atoms with van der Waals surface area (Å²) in [5.41, 5.74) is 3.32. The van der Waals surface area contributed by atoms with E-state index in [1.54, 1.807) is 24.3 Å².